The third kappa shape index (κ3) is 5.48. The monoisotopic (exact) mass is 673 g/mol. The zero-order chi connectivity index (χ0) is 35.5. The molecule has 0 unspecified atom stereocenters. The van der Waals surface area contributed by atoms with Crippen LogP contribution >= 0.6 is 0 Å². The molecule has 0 spiro atoms. The van der Waals surface area contributed by atoms with Crippen LogP contribution in [0.2, 0.25) is 0 Å². The normalized spacial score (nSPS) is 26.3. The average Bonchev–Trinajstić information content (AvgIpc) is 3.04. The molecule has 4 aliphatic rings. The number of allylic oxidation sites excluding steroid dienone is 1. The number of piperazine rings is 1. The predicted octanol–water partition coefficient (Wildman–Crippen LogP) is 1.97. The van der Waals surface area contributed by atoms with E-state index in [-0.39, 0.29) is 29.7 Å². The molecule has 3 aliphatic carbocycles. The maximum absolute atomic E-state index is 14.5. The molecule has 6 rings (SSSR count). The minimum atomic E-state index is -2.75. The van der Waals surface area contributed by atoms with Gasteiger partial charge in [0.1, 0.15) is 22.8 Å². The first-order valence-electron chi connectivity index (χ1n) is 16.3. The van der Waals surface area contributed by atoms with Crippen LogP contribution in [0.4, 0.5) is 5.69 Å². The Morgan fingerprint density at radius 2 is 1.76 bits per heavy atom. The van der Waals surface area contributed by atoms with E-state index in [1.807, 2.05) is 49.3 Å². The second kappa shape index (κ2) is 12.7. The summed E-state index contributed by atoms with van der Waals surface area (Å²) in [5, 5.41) is 52.9. The molecule has 6 N–H and O–H groups in total. The maximum Gasteiger partial charge on any atom is 0.304 e. The fourth-order valence-electron chi connectivity index (χ4n) is 8.09. The van der Waals surface area contributed by atoms with E-state index in [2.05, 4.69) is 27.2 Å². The summed E-state index contributed by atoms with van der Waals surface area (Å²) in [5.74, 6) is -1.92. The van der Waals surface area contributed by atoms with E-state index in [1.54, 1.807) is 14.1 Å². The molecule has 0 bridgehead atoms. The van der Waals surface area contributed by atoms with Crippen molar-refractivity contribution in [2.45, 2.75) is 31.0 Å². The lowest BCUT2D eigenvalue weighted by molar-refractivity contribution is -0.148. The van der Waals surface area contributed by atoms with Gasteiger partial charge in [0.15, 0.2) is 11.4 Å². The van der Waals surface area contributed by atoms with Crippen molar-refractivity contribution in [3.63, 3.8) is 0 Å². The van der Waals surface area contributed by atoms with Crippen molar-refractivity contribution in [1.29, 1.82) is 0 Å². The number of amides is 1. The van der Waals surface area contributed by atoms with Crippen LogP contribution in [0, 0.1) is 11.8 Å². The number of fused-ring (bicyclic) bond motifs is 3. The van der Waals surface area contributed by atoms with E-state index < -0.39 is 58.0 Å². The number of nitrogens with zero attached hydrogens (tertiary/aromatic N) is 6. The highest BCUT2D eigenvalue weighted by Crippen LogP contribution is 2.54. The summed E-state index contributed by atoms with van der Waals surface area (Å²) >= 11 is 0. The summed E-state index contributed by atoms with van der Waals surface area (Å²) in [5.41, 5.74) is -0.403. The number of Topliss-reactive ketones (excluding diaryl/α,β-unsaturated/α-hetero) is 2. The molecule has 1 aliphatic heterocycles. The van der Waals surface area contributed by atoms with Crippen LogP contribution in [-0.4, -0.2) is 126 Å². The third-order valence-electron chi connectivity index (χ3n) is 10.5. The minimum absolute atomic E-state index is 0.00329. The van der Waals surface area contributed by atoms with Gasteiger partial charge in [0.2, 0.25) is 5.78 Å². The van der Waals surface area contributed by atoms with Crippen molar-refractivity contribution in [3.8, 4) is 16.9 Å². The second-order valence-electron chi connectivity index (χ2n) is 13.9. The number of aromatic hydroxyl groups is 1. The summed E-state index contributed by atoms with van der Waals surface area (Å²) in [4.78, 5) is 49.2. The molecular weight excluding hydrogens is 630 g/mol. The number of hydrogen-bond donors (Lipinski definition) is 5. The first-order valence-corrected chi connectivity index (χ1v) is 16.3. The summed E-state index contributed by atoms with van der Waals surface area (Å²) in [6.45, 7) is 4.58. The van der Waals surface area contributed by atoms with Crippen molar-refractivity contribution >= 4 is 23.2 Å². The van der Waals surface area contributed by atoms with Crippen LogP contribution in [0.3, 0.4) is 0 Å². The lowest BCUT2D eigenvalue weighted by Gasteiger charge is -2.50. The van der Waals surface area contributed by atoms with Crippen LogP contribution in [0.15, 0.2) is 63.3 Å². The highest BCUT2D eigenvalue weighted by molar-refractivity contribution is 6.25. The number of ketones is 2. The minimum Gasteiger partial charge on any atom is -0.510 e. The van der Waals surface area contributed by atoms with E-state index in [9.17, 15) is 34.8 Å². The molecular formula is C35H43N7O7. The number of benzene rings is 2. The maximum atomic E-state index is 14.5. The van der Waals surface area contributed by atoms with Gasteiger partial charge < -0.3 is 36.1 Å². The lowest BCUT2D eigenvalue weighted by atomic mass is 9.58. The second-order valence-corrected chi connectivity index (χ2v) is 13.9. The molecule has 2 aromatic rings. The summed E-state index contributed by atoms with van der Waals surface area (Å²) in [6, 6.07) is 8.57. The number of anilines is 1. The van der Waals surface area contributed by atoms with Crippen molar-refractivity contribution in [2.75, 3.05) is 66.3 Å². The van der Waals surface area contributed by atoms with Crippen LogP contribution in [0.5, 0.6) is 5.75 Å². The Balaban J connectivity index is 1.47. The number of aliphatic hydroxyl groups is 3. The Labute approximate surface area is 284 Å². The molecule has 0 saturated carbocycles. The van der Waals surface area contributed by atoms with Crippen LogP contribution in [0.25, 0.3) is 11.1 Å². The quantitative estimate of drug-likeness (QED) is 0.130. The highest BCUT2D eigenvalue weighted by atomic mass is 16.3. The van der Waals surface area contributed by atoms with Gasteiger partial charge in [-0.3, -0.25) is 24.2 Å². The fourth-order valence-corrected chi connectivity index (χ4v) is 8.09. The topological polar surface area (TPSA) is 196 Å². The molecule has 14 heteroatoms. The fraction of sp³-hybridized carbons (Fsp3) is 0.457. The molecule has 1 amide bonds. The van der Waals surface area contributed by atoms with E-state index in [0.29, 0.717) is 22.4 Å². The predicted molar refractivity (Wildman–Crippen MR) is 181 cm³/mol. The first kappa shape index (κ1) is 34.2. The van der Waals surface area contributed by atoms with Gasteiger partial charge in [-0.25, -0.2) is 0 Å². The number of hydrogen-bond acceptors (Lipinski definition) is 12. The number of phenols is 1. The lowest BCUT2D eigenvalue weighted by Crippen LogP contribution is -2.63. The third-order valence-corrected chi connectivity index (χ3v) is 10.5. The Hall–Kier alpha value is -4.63. The molecule has 1 fully saturated rings. The number of likely N-dealkylation sites (N-methyl/N-ethyl adjacent to an activating group) is 2. The van der Waals surface area contributed by atoms with Gasteiger partial charge in [-0.2, -0.15) is 0 Å². The molecule has 49 heavy (non-hydrogen) atoms. The number of aliphatic hydroxyl groups excluding tert-OH is 2. The largest absolute Gasteiger partial charge is 0.510 e. The van der Waals surface area contributed by atoms with Crippen molar-refractivity contribution in [2.24, 2.45) is 28.0 Å². The van der Waals surface area contributed by atoms with Gasteiger partial charge >= 0.3 is 5.91 Å². The van der Waals surface area contributed by atoms with Crippen LogP contribution in [-0.2, 0) is 22.6 Å². The van der Waals surface area contributed by atoms with Gasteiger partial charge in [0.05, 0.1) is 11.6 Å². The standard InChI is InChI=1S/C35H43N7O7/c1-39(2)24-16-21(19-8-6-7-18(13-19)17-42-11-9-41(5)10-12-42)29(43)26-22(24)14-20-15-23-28(40(3)4)31(45)27(34(48)37-38-36)33(47)35(23,49)32(46)25(20)30(26)44/h6-8,13,16,20,23,28,43,45-46,49H,9-12,14-15,17H2,1-5H3,(H2,36,37,48)/t20-,23-,28-,35-/m0/s1. The van der Waals surface area contributed by atoms with Crippen LogP contribution in [0.1, 0.15) is 27.9 Å². The number of rotatable bonds is 6. The first-order chi connectivity index (χ1) is 23.2. The highest BCUT2D eigenvalue weighted by Gasteiger charge is 2.63. The molecule has 4 atom stereocenters. The smallest absolute Gasteiger partial charge is 0.304 e. The average molecular weight is 674 g/mol. The molecule has 260 valence electrons. The molecule has 14 nitrogen and oxygen atoms in total. The van der Waals surface area contributed by atoms with Gasteiger partial charge in [-0.05, 0) is 68.7 Å². The zero-order valence-electron chi connectivity index (χ0n) is 28.3. The molecule has 2 aromatic carbocycles. The van der Waals surface area contributed by atoms with E-state index in [0.717, 1.165) is 38.3 Å². The van der Waals surface area contributed by atoms with E-state index >= 15 is 0 Å². The SMILES string of the molecule is CN1CCN(Cc2cccc(-c3cc(N(C)C)c4c(c3O)C(=O)C3=C(O)[C@]5(O)C(=O)C(C(=O)N=NN)=C(O)[C@@H](N(C)C)[C@@H]5C[C@@H]3C4)c2)CC1. The van der Waals surface area contributed by atoms with Gasteiger partial charge in [-0.15, -0.1) is 0 Å². The van der Waals surface area contributed by atoms with Crippen molar-refractivity contribution < 1.29 is 34.8 Å². The van der Waals surface area contributed by atoms with Crippen molar-refractivity contribution in [1.82, 2.24) is 14.7 Å². The van der Waals surface area contributed by atoms with Crippen LogP contribution < -0.4 is 10.7 Å². The summed E-state index contributed by atoms with van der Waals surface area (Å²) in [7, 11) is 8.97. The summed E-state index contributed by atoms with van der Waals surface area (Å²) < 4.78 is 0. The summed E-state index contributed by atoms with van der Waals surface area (Å²) in [6.07, 6.45) is 0.202. The Kier molecular flexibility index (Phi) is 8.86. The Bertz CT molecular complexity index is 1830. The van der Waals surface area contributed by atoms with E-state index in [4.69, 9.17) is 5.84 Å². The van der Waals surface area contributed by atoms with Gasteiger partial charge in [0, 0.05) is 69.6 Å². The molecule has 1 heterocycles. The Morgan fingerprint density at radius 1 is 1.06 bits per heavy atom. The molecule has 0 radical (unpaired) electrons. The number of phenolic OH excluding ortho intramolecular Hbond substituents is 1. The number of carbonyl (C=O) groups excluding carboxylic acids is 3. The molecule has 1 saturated heterocycles. The van der Waals surface area contributed by atoms with Gasteiger partial charge in [0.25, 0.3) is 0 Å². The van der Waals surface area contributed by atoms with Gasteiger partial charge in [-0.1, -0.05) is 28.5 Å². The van der Waals surface area contributed by atoms with Crippen molar-refractivity contribution in [3.05, 3.63) is 69.7 Å². The Morgan fingerprint density at radius 3 is 2.39 bits per heavy atom. The van der Waals surface area contributed by atoms with E-state index in [1.165, 1.54) is 4.90 Å². The zero-order valence-corrected chi connectivity index (χ0v) is 28.3. The molecule has 0 aromatic heterocycles. The number of nitrogens with two attached hydrogens (primary N) is 1. The number of carbonyl (C=O) groups is 3.